The Morgan fingerprint density at radius 1 is 1.00 bits per heavy atom. The van der Waals surface area contributed by atoms with Crippen molar-refractivity contribution in [3.05, 3.63) is 100 Å². The van der Waals surface area contributed by atoms with E-state index >= 15 is 0 Å². The molecule has 44 heavy (non-hydrogen) atoms. The quantitative estimate of drug-likeness (QED) is 0.271. The van der Waals surface area contributed by atoms with Crippen molar-refractivity contribution in [2.45, 2.75) is 63.8 Å². The summed E-state index contributed by atoms with van der Waals surface area (Å²) in [5.41, 5.74) is 0.779. The van der Waals surface area contributed by atoms with Gasteiger partial charge >= 0.3 is 6.18 Å². The number of anilines is 1. The standard InChI is InChI=1S/C32H35ClF3N3O4S/c1-22-10-6-7-13-24(22)20-38(29(18-23-11-4-3-5-12-23)31(41)37-25-14-8-9-15-25)30(40)21-39(44(2,42)43)26-16-17-28(33)27(19-26)32(34,35)36/h3-7,10-13,16-17,19,25,29H,8-9,14-15,18,20-21H2,1-2H3,(H,37,41)/t29-/m1/s1. The topological polar surface area (TPSA) is 86.8 Å². The number of aryl methyl sites for hydroxylation is 1. The monoisotopic (exact) mass is 649 g/mol. The molecule has 0 radical (unpaired) electrons. The molecule has 236 valence electrons. The van der Waals surface area contributed by atoms with Crippen molar-refractivity contribution in [1.29, 1.82) is 0 Å². The molecule has 1 atom stereocenters. The van der Waals surface area contributed by atoms with E-state index < -0.39 is 45.3 Å². The third-order valence-corrected chi connectivity index (χ3v) is 9.27. The van der Waals surface area contributed by atoms with Crippen molar-refractivity contribution in [3.63, 3.8) is 0 Å². The Balaban J connectivity index is 1.76. The number of sulfonamides is 1. The van der Waals surface area contributed by atoms with Crippen LogP contribution in [0.3, 0.4) is 0 Å². The van der Waals surface area contributed by atoms with E-state index in [4.69, 9.17) is 11.6 Å². The number of alkyl halides is 3. The highest BCUT2D eigenvalue weighted by molar-refractivity contribution is 7.92. The van der Waals surface area contributed by atoms with Gasteiger partial charge in [0.2, 0.25) is 21.8 Å². The van der Waals surface area contributed by atoms with Crippen molar-refractivity contribution in [1.82, 2.24) is 10.2 Å². The Kier molecular flexibility index (Phi) is 10.6. The van der Waals surface area contributed by atoms with Gasteiger partial charge in [-0.05, 0) is 54.7 Å². The minimum Gasteiger partial charge on any atom is -0.352 e. The fourth-order valence-corrected chi connectivity index (χ4v) is 6.46. The van der Waals surface area contributed by atoms with Gasteiger partial charge in [0.25, 0.3) is 0 Å². The highest BCUT2D eigenvalue weighted by Gasteiger charge is 2.37. The van der Waals surface area contributed by atoms with Gasteiger partial charge in [0.1, 0.15) is 12.6 Å². The van der Waals surface area contributed by atoms with Crippen molar-refractivity contribution in [3.8, 4) is 0 Å². The second kappa shape index (κ2) is 14.0. The number of rotatable bonds is 11. The lowest BCUT2D eigenvalue weighted by Crippen LogP contribution is -2.54. The third-order valence-electron chi connectivity index (χ3n) is 7.80. The average molecular weight is 650 g/mol. The molecular weight excluding hydrogens is 615 g/mol. The summed E-state index contributed by atoms with van der Waals surface area (Å²) in [4.78, 5) is 29.4. The maximum Gasteiger partial charge on any atom is 0.417 e. The van der Waals surface area contributed by atoms with E-state index in [0.717, 1.165) is 60.8 Å². The fraction of sp³-hybridized carbons (Fsp3) is 0.375. The molecule has 1 N–H and O–H groups in total. The molecule has 0 unspecified atom stereocenters. The van der Waals surface area contributed by atoms with Gasteiger partial charge in [-0.2, -0.15) is 13.2 Å². The first kappa shape index (κ1) is 33.3. The summed E-state index contributed by atoms with van der Waals surface area (Å²) in [6, 6.07) is 18.0. The summed E-state index contributed by atoms with van der Waals surface area (Å²) >= 11 is 5.78. The van der Waals surface area contributed by atoms with E-state index in [0.29, 0.717) is 10.4 Å². The lowest BCUT2D eigenvalue weighted by molar-refractivity contribution is -0.140. The van der Waals surface area contributed by atoms with E-state index in [1.807, 2.05) is 55.5 Å². The third kappa shape index (κ3) is 8.53. The largest absolute Gasteiger partial charge is 0.417 e. The Morgan fingerprint density at radius 3 is 2.25 bits per heavy atom. The number of nitrogens with one attached hydrogen (secondary N) is 1. The van der Waals surface area contributed by atoms with Crippen LogP contribution in [0.1, 0.15) is 47.9 Å². The highest BCUT2D eigenvalue weighted by atomic mass is 35.5. The summed E-state index contributed by atoms with van der Waals surface area (Å²) in [6.45, 7) is 1.01. The number of hydrogen-bond acceptors (Lipinski definition) is 4. The van der Waals surface area contributed by atoms with Crippen LogP contribution in [-0.4, -0.2) is 50.0 Å². The molecule has 3 aromatic carbocycles. The molecule has 1 aliphatic rings. The number of halogens is 4. The molecule has 1 saturated carbocycles. The van der Waals surface area contributed by atoms with Gasteiger partial charge in [0.05, 0.1) is 22.5 Å². The maximum atomic E-state index is 14.2. The summed E-state index contributed by atoms with van der Waals surface area (Å²) in [6.07, 6.45) is -0.312. The molecule has 0 heterocycles. The molecule has 0 aliphatic heterocycles. The van der Waals surface area contributed by atoms with E-state index in [1.54, 1.807) is 6.07 Å². The number of amides is 2. The van der Waals surface area contributed by atoms with Crippen molar-refractivity contribution < 1.29 is 31.2 Å². The lowest BCUT2D eigenvalue weighted by atomic mass is 10.0. The zero-order valence-corrected chi connectivity index (χ0v) is 26.1. The summed E-state index contributed by atoms with van der Waals surface area (Å²) in [5.74, 6) is -1.12. The van der Waals surface area contributed by atoms with Gasteiger partial charge in [-0.3, -0.25) is 13.9 Å². The van der Waals surface area contributed by atoms with Gasteiger partial charge in [-0.15, -0.1) is 0 Å². The van der Waals surface area contributed by atoms with Gasteiger partial charge in [0.15, 0.2) is 0 Å². The minimum atomic E-state index is -4.85. The van der Waals surface area contributed by atoms with Crippen LogP contribution < -0.4 is 9.62 Å². The second-order valence-electron chi connectivity index (χ2n) is 11.1. The first-order chi connectivity index (χ1) is 20.7. The number of hydrogen-bond donors (Lipinski definition) is 1. The highest BCUT2D eigenvalue weighted by Crippen LogP contribution is 2.37. The summed E-state index contributed by atoms with van der Waals surface area (Å²) in [5, 5.41) is 2.47. The molecule has 1 fully saturated rings. The number of carbonyl (C=O) groups is 2. The maximum absolute atomic E-state index is 14.2. The molecule has 3 aromatic rings. The van der Waals surface area contributed by atoms with Crippen molar-refractivity contribution in [2.24, 2.45) is 0 Å². The molecular formula is C32H35ClF3N3O4S. The van der Waals surface area contributed by atoms with Crippen LogP contribution in [0.5, 0.6) is 0 Å². The van der Waals surface area contributed by atoms with E-state index in [2.05, 4.69) is 5.32 Å². The molecule has 1 aliphatic carbocycles. The molecule has 7 nitrogen and oxygen atoms in total. The Morgan fingerprint density at radius 2 is 1.64 bits per heavy atom. The molecule has 0 bridgehead atoms. The molecule has 0 spiro atoms. The zero-order chi connectivity index (χ0) is 32.1. The zero-order valence-electron chi connectivity index (χ0n) is 24.5. The second-order valence-corrected chi connectivity index (χ2v) is 13.4. The van der Waals surface area contributed by atoms with E-state index in [1.165, 1.54) is 4.90 Å². The van der Waals surface area contributed by atoms with Gasteiger partial charge in [-0.25, -0.2) is 8.42 Å². The Labute approximate surface area is 261 Å². The predicted molar refractivity (Wildman–Crippen MR) is 165 cm³/mol. The fourth-order valence-electron chi connectivity index (χ4n) is 5.39. The number of nitrogens with zero attached hydrogens (tertiary/aromatic N) is 2. The van der Waals surface area contributed by atoms with Gasteiger partial charge in [0, 0.05) is 19.0 Å². The minimum absolute atomic E-state index is 0.0207. The molecule has 2 amide bonds. The first-order valence-electron chi connectivity index (χ1n) is 14.3. The lowest BCUT2D eigenvalue weighted by Gasteiger charge is -2.34. The Bertz CT molecular complexity index is 1580. The van der Waals surface area contributed by atoms with Crippen LogP contribution in [0.25, 0.3) is 0 Å². The van der Waals surface area contributed by atoms with Crippen LogP contribution in [-0.2, 0) is 38.8 Å². The van der Waals surface area contributed by atoms with Gasteiger partial charge < -0.3 is 10.2 Å². The molecule has 12 heteroatoms. The number of carbonyl (C=O) groups excluding carboxylic acids is 2. The average Bonchev–Trinajstić information content (AvgIpc) is 3.47. The first-order valence-corrected chi connectivity index (χ1v) is 16.5. The SMILES string of the molecule is Cc1ccccc1CN(C(=O)CN(c1ccc(Cl)c(C(F)(F)F)c1)S(C)(=O)=O)[C@H](Cc1ccccc1)C(=O)NC1CCCC1. The van der Waals surface area contributed by atoms with Crippen LogP contribution in [0.2, 0.25) is 5.02 Å². The molecule has 0 saturated heterocycles. The van der Waals surface area contributed by atoms with Crippen LogP contribution in [0.4, 0.5) is 18.9 Å². The molecule has 4 rings (SSSR count). The van der Waals surface area contributed by atoms with Crippen LogP contribution in [0.15, 0.2) is 72.8 Å². The smallest absolute Gasteiger partial charge is 0.352 e. The normalized spacial score (nSPS) is 14.7. The van der Waals surface area contributed by atoms with E-state index in [-0.39, 0.29) is 30.6 Å². The summed E-state index contributed by atoms with van der Waals surface area (Å²) < 4.78 is 67.4. The van der Waals surface area contributed by atoms with E-state index in [9.17, 15) is 31.2 Å². The number of benzene rings is 3. The van der Waals surface area contributed by atoms with Crippen LogP contribution in [0, 0.1) is 6.92 Å². The molecule has 0 aromatic heterocycles. The predicted octanol–water partition coefficient (Wildman–Crippen LogP) is 6.13. The van der Waals surface area contributed by atoms with Crippen molar-refractivity contribution >= 4 is 39.1 Å². The van der Waals surface area contributed by atoms with Crippen molar-refractivity contribution in [2.75, 3.05) is 17.1 Å². The Hall–Kier alpha value is -3.57. The van der Waals surface area contributed by atoms with Gasteiger partial charge in [-0.1, -0.05) is 79.0 Å². The summed E-state index contributed by atoms with van der Waals surface area (Å²) in [7, 11) is -4.25. The van der Waals surface area contributed by atoms with Crippen LogP contribution >= 0.6 is 11.6 Å².